The van der Waals surface area contributed by atoms with Crippen LogP contribution in [0.15, 0.2) is 46.9 Å². The van der Waals surface area contributed by atoms with Crippen molar-refractivity contribution in [3.63, 3.8) is 0 Å². The Morgan fingerprint density at radius 2 is 1.30 bits per heavy atom. The lowest BCUT2D eigenvalue weighted by Gasteiger charge is -2.28. The lowest BCUT2D eigenvalue weighted by Crippen LogP contribution is -2.38. The number of ether oxygens (including phenoxy) is 2. The van der Waals surface area contributed by atoms with Crippen LogP contribution in [0.4, 0.5) is 23.0 Å². The molecule has 6 aromatic rings. The van der Waals surface area contributed by atoms with Crippen molar-refractivity contribution in [2.75, 3.05) is 36.9 Å². The average Bonchev–Trinajstić information content (AvgIpc) is 4.12. The van der Waals surface area contributed by atoms with Crippen molar-refractivity contribution in [1.82, 2.24) is 24.8 Å². The van der Waals surface area contributed by atoms with Gasteiger partial charge in [-0.1, -0.05) is 0 Å². The fourth-order valence-electron chi connectivity index (χ4n) is 8.98. The summed E-state index contributed by atoms with van der Waals surface area (Å²) in [7, 11) is 0. The molecule has 2 unspecified atom stereocenters. The van der Waals surface area contributed by atoms with Gasteiger partial charge in [-0.05, 0) is 117 Å². The summed E-state index contributed by atoms with van der Waals surface area (Å²) in [6.07, 6.45) is 11.5. The number of hydrogen-bond acceptors (Lipinski definition) is 15. The van der Waals surface area contributed by atoms with E-state index in [2.05, 4.69) is 58.8 Å². The number of aryl methyl sites for hydroxylation is 2. The number of amides is 1. The quantitative estimate of drug-likeness (QED) is 0.0999. The summed E-state index contributed by atoms with van der Waals surface area (Å²) >= 11 is 3.22. The summed E-state index contributed by atoms with van der Waals surface area (Å²) in [5, 5.41) is 27.3. The maximum Gasteiger partial charge on any atom is 0.306 e. The van der Waals surface area contributed by atoms with Crippen LogP contribution < -0.4 is 20.1 Å². The van der Waals surface area contributed by atoms with E-state index >= 15 is 0 Å². The third kappa shape index (κ3) is 8.47. The number of fused-ring (bicyclic) bond motifs is 8. The highest BCUT2D eigenvalue weighted by Gasteiger charge is 2.32. The van der Waals surface area contributed by atoms with Crippen molar-refractivity contribution < 1.29 is 24.2 Å². The van der Waals surface area contributed by atoms with Crippen LogP contribution in [0.5, 0.6) is 11.5 Å². The molecule has 3 N–H and O–H groups in total. The number of rotatable bonds is 13. The number of nitriles is 1. The smallest absolute Gasteiger partial charge is 0.306 e. The van der Waals surface area contributed by atoms with Crippen molar-refractivity contribution >= 4 is 90.4 Å². The lowest BCUT2D eigenvalue weighted by molar-refractivity contribution is -0.142. The molecule has 1 amide bonds. The van der Waals surface area contributed by atoms with E-state index in [4.69, 9.17) is 14.7 Å². The Bertz CT molecular complexity index is 2880. The van der Waals surface area contributed by atoms with E-state index in [1.807, 2.05) is 50.2 Å². The first-order valence-electron chi connectivity index (χ1n) is 21.8. The fraction of sp³-hybridized carbons (Fsp3) is 0.383. The number of aliphatic imine (C=N–C) groups is 2. The van der Waals surface area contributed by atoms with Crippen LogP contribution in [0.3, 0.4) is 0 Å². The van der Waals surface area contributed by atoms with Crippen molar-refractivity contribution in [2.24, 2.45) is 21.8 Å². The molecule has 17 heteroatoms. The van der Waals surface area contributed by atoms with Crippen LogP contribution in [-0.2, 0) is 48.4 Å². The molecule has 4 aromatic heterocycles. The summed E-state index contributed by atoms with van der Waals surface area (Å²) < 4.78 is 11.8. The molecule has 6 heterocycles. The van der Waals surface area contributed by atoms with Gasteiger partial charge in [0.1, 0.15) is 45.5 Å². The zero-order valence-corrected chi connectivity index (χ0v) is 37.6. The van der Waals surface area contributed by atoms with E-state index in [0.717, 1.165) is 101 Å². The highest BCUT2D eigenvalue weighted by atomic mass is 32.1. The third-order valence-corrected chi connectivity index (χ3v) is 14.5. The molecule has 2 aromatic carbocycles. The second-order valence-corrected chi connectivity index (χ2v) is 18.2. The van der Waals surface area contributed by atoms with Gasteiger partial charge in [-0.3, -0.25) is 19.6 Å². The van der Waals surface area contributed by atoms with Gasteiger partial charge in [-0.25, -0.2) is 19.9 Å². The van der Waals surface area contributed by atoms with Gasteiger partial charge in [0.2, 0.25) is 5.91 Å². The van der Waals surface area contributed by atoms with Gasteiger partial charge in [0.15, 0.2) is 0 Å². The van der Waals surface area contributed by atoms with Crippen LogP contribution in [-0.4, -0.2) is 80.6 Å². The van der Waals surface area contributed by atoms with E-state index in [1.165, 1.54) is 16.0 Å². The van der Waals surface area contributed by atoms with Crippen molar-refractivity contribution in [1.29, 1.82) is 5.26 Å². The summed E-state index contributed by atoms with van der Waals surface area (Å²) in [5.74, 6) is 2.11. The molecule has 0 spiro atoms. The third-order valence-electron chi connectivity index (χ3n) is 12.1. The average molecular weight is 897 g/mol. The number of carboxylic acid groups (broad SMARTS) is 1. The predicted molar refractivity (Wildman–Crippen MR) is 250 cm³/mol. The van der Waals surface area contributed by atoms with Gasteiger partial charge in [0.25, 0.3) is 0 Å². The number of carbonyl (C=O) groups is 2. The van der Waals surface area contributed by atoms with Crippen LogP contribution in [0.2, 0.25) is 0 Å². The minimum absolute atomic E-state index is 0.0564. The molecule has 10 rings (SSSR count). The molecule has 0 fully saturated rings. The zero-order chi connectivity index (χ0) is 44.3. The topological polar surface area (TPSA) is 200 Å². The van der Waals surface area contributed by atoms with Crippen molar-refractivity contribution in [3.8, 4) is 17.6 Å². The SMILES string of the molecule is CCOc1cc2c(cc1Nc1ncnc3sc4c(c13)CCC(C(=O)N(CC)CCC#N)C4)C=NC2.CCOc1cc2c(cc1Nc1ncnc3sc4c(c13)CCC(C(=O)O)C4)C=NC2. The van der Waals surface area contributed by atoms with E-state index in [0.29, 0.717) is 65.1 Å². The van der Waals surface area contributed by atoms with Gasteiger partial charge in [0, 0.05) is 41.2 Å². The van der Waals surface area contributed by atoms with Crippen LogP contribution in [0, 0.1) is 23.2 Å². The number of benzene rings is 2. The summed E-state index contributed by atoms with van der Waals surface area (Å²) in [6, 6.07) is 10.3. The highest BCUT2D eigenvalue weighted by molar-refractivity contribution is 7.19. The molecule has 0 bridgehead atoms. The fourth-order valence-corrected chi connectivity index (χ4v) is 11.5. The number of hydrogen-bond donors (Lipinski definition) is 3. The summed E-state index contributed by atoms with van der Waals surface area (Å²) in [4.78, 5) is 57.3. The largest absolute Gasteiger partial charge is 0.492 e. The van der Waals surface area contributed by atoms with E-state index < -0.39 is 5.97 Å². The Labute approximate surface area is 378 Å². The molecule has 15 nitrogen and oxygen atoms in total. The van der Waals surface area contributed by atoms with Gasteiger partial charge < -0.3 is 30.1 Å². The maximum atomic E-state index is 13.1. The number of nitrogens with zero attached hydrogens (tertiary/aromatic N) is 8. The Morgan fingerprint density at radius 1 is 0.781 bits per heavy atom. The Kier molecular flexibility index (Phi) is 12.5. The van der Waals surface area contributed by atoms with Gasteiger partial charge >= 0.3 is 5.97 Å². The number of aromatic nitrogens is 4. The first-order chi connectivity index (χ1) is 31.3. The standard InChI is InChI=1S/C26H28N6O2S.C21H20N4O3S/c1-3-32(9-5-8-27)26(33)16-6-7-19-22(12-16)35-25-23(19)24(29-15-30-25)31-20-10-17-13-28-14-18(17)11-21(20)34-4-2;1-2-28-16-6-13-9-22-8-12(13)5-15(16)25-19-18-14-4-3-11(21(26)27)7-17(14)29-20(18)24-10-23-19/h10-11,13,15-16H,3-7,9,12,14H2,1-2H3,(H,29,30,31);5-6,8,10-11H,2-4,7,9H2,1H3,(H,26,27)(H,23,24,25). The first kappa shape index (κ1) is 42.8. The predicted octanol–water partition coefficient (Wildman–Crippen LogP) is 8.59. The van der Waals surface area contributed by atoms with Crippen LogP contribution >= 0.6 is 22.7 Å². The normalized spacial score (nSPS) is 16.5. The van der Waals surface area contributed by atoms with Crippen LogP contribution in [0.1, 0.15) is 83.2 Å². The molecule has 328 valence electrons. The molecular formula is C47H48N10O5S2. The second kappa shape index (κ2) is 18.7. The molecule has 0 saturated heterocycles. The molecule has 2 atom stereocenters. The summed E-state index contributed by atoms with van der Waals surface area (Å²) in [5.41, 5.74) is 8.59. The minimum atomic E-state index is -0.723. The molecule has 64 heavy (non-hydrogen) atoms. The van der Waals surface area contributed by atoms with Gasteiger partial charge in [0.05, 0.1) is 66.9 Å². The molecule has 2 aliphatic heterocycles. The Morgan fingerprint density at radius 3 is 1.78 bits per heavy atom. The van der Waals surface area contributed by atoms with Crippen molar-refractivity contribution in [3.05, 3.63) is 80.1 Å². The molecular weight excluding hydrogens is 849 g/mol. The van der Waals surface area contributed by atoms with Crippen molar-refractivity contribution in [2.45, 2.75) is 78.8 Å². The molecule has 0 saturated carbocycles. The Hall–Kier alpha value is -6.51. The number of carboxylic acids is 1. The van der Waals surface area contributed by atoms with E-state index in [-0.39, 0.29) is 17.7 Å². The molecule has 2 aliphatic carbocycles. The first-order valence-corrected chi connectivity index (χ1v) is 23.4. The summed E-state index contributed by atoms with van der Waals surface area (Å²) in [6.45, 7) is 9.52. The van der Waals surface area contributed by atoms with E-state index in [1.54, 1.807) is 35.3 Å². The molecule has 0 radical (unpaired) electrons. The second-order valence-electron chi connectivity index (χ2n) is 16.0. The number of anilines is 4. The number of aliphatic carboxylic acids is 1. The van der Waals surface area contributed by atoms with Gasteiger partial charge in [-0.15, -0.1) is 22.7 Å². The van der Waals surface area contributed by atoms with E-state index in [9.17, 15) is 14.7 Å². The molecule has 4 aliphatic rings. The Balaban J connectivity index is 0.000000165. The van der Waals surface area contributed by atoms with Gasteiger partial charge in [-0.2, -0.15) is 5.26 Å². The monoisotopic (exact) mass is 896 g/mol. The maximum absolute atomic E-state index is 13.1. The number of nitrogens with one attached hydrogen (secondary N) is 2. The minimum Gasteiger partial charge on any atom is -0.492 e. The number of thiophene rings is 2. The lowest BCUT2D eigenvalue weighted by atomic mass is 9.86. The zero-order valence-electron chi connectivity index (χ0n) is 35.9. The van der Waals surface area contributed by atoms with Crippen LogP contribution in [0.25, 0.3) is 20.4 Å². The number of carbonyl (C=O) groups excluding carboxylic acids is 1. The highest BCUT2D eigenvalue weighted by Crippen LogP contribution is 2.44.